The van der Waals surface area contributed by atoms with Crippen LogP contribution in [0.4, 0.5) is 0 Å². The zero-order valence-electron chi connectivity index (χ0n) is 4.69. The summed E-state index contributed by atoms with van der Waals surface area (Å²) in [5.74, 6) is -0.595. The third-order valence-corrected chi connectivity index (χ3v) is 2.99. The topological polar surface area (TPSA) is 74.6 Å². The van der Waals surface area contributed by atoms with E-state index in [0.717, 1.165) is 0 Å². The van der Waals surface area contributed by atoms with Crippen LogP contribution in [0.25, 0.3) is 0 Å². The molecule has 1 heterocycles. The molecular formula is C4H8O4S. The fraction of sp³-hybridized carbons (Fsp3) is 1.00. The van der Waals surface area contributed by atoms with E-state index < -0.39 is 22.0 Å². The first kappa shape index (κ1) is 6.98. The molecule has 2 unspecified atom stereocenters. The Hall–Kier alpha value is -0.130. The molecule has 0 bridgehead atoms. The van der Waals surface area contributed by atoms with Gasteiger partial charge in [-0.3, -0.25) is 0 Å². The van der Waals surface area contributed by atoms with Gasteiger partial charge in [0.05, 0.1) is 23.7 Å². The summed E-state index contributed by atoms with van der Waals surface area (Å²) in [5.41, 5.74) is 0. The standard InChI is InChI=1S/C4H8O4S/c5-3-1-9(7,8)2-4(3)6/h3-6H,1-2H2. The summed E-state index contributed by atoms with van der Waals surface area (Å²) in [6, 6.07) is 0. The van der Waals surface area contributed by atoms with Crippen molar-refractivity contribution in [3.8, 4) is 0 Å². The van der Waals surface area contributed by atoms with Gasteiger partial charge in [-0.1, -0.05) is 0 Å². The van der Waals surface area contributed by atoms with E-state index >= 15 is 0 Å². The lowest BCUT2D eigenvalue weighted by Gasteiger charge is -2.00. The van der Waals surface area contributed by atoms with Crippen molar-refractivity contribution in [2.45, 2.75) is 12.2 Å². The lowest BCUT2D eigenvalue weighted by Crippen LogP contribution is -2.22. The molecule has 2 N–H and O–H groups in total. The highest BCUT2D eigenvalue weighted by atomic mass is 32.2. The Kier molecular flexibility index (Phi) is 1.50. The summed E-state index contributed by atoms with van der Waals surface area (Å²) in [4.78, 5) is 0. The van der Waals surface area contributed by atoms with Gasteiger partial charge in [0.25, 0.3) is 0 Å². The fourth-order valence-corrected chi connectivity index (χ4v) is 2.43. The van der Waals surface area contributed by atoms with Crippen molar-refractivity contribution in [2.24, 2.45) is 0 Å². The highest BCUT2D eigenvalue weighted by Gasteiger charge is 2.34. The molecule has 9 heavy (non-hydrogen) atoms. The Morgan fingerprint density at radius 1 is 1.11 bits per heavy atom. The van der Waals surface area contributed by atoms with E-state index in [0.29, 0.717) is 0 Å². The minimum atomic E-state index is -3.14. The summed E-state index contributed by atoms with van der Waals surface area (Å²) in [7, 11) is -3.14. The Morgan fingerprint density at radius 2 is 1.44 bits per heavy atom. The van der Waals surface area contributed by atoms with Gasteiger partial charge in [-0.2, -0.15) is 0 Å². The van der Waals surface area contributed by atoms with Crippen LogP contribution in [0, 0.1) is 0 Å². The normalized spacial score (nSPS) is 41.1. The smallest absolute Gasteiger partial charge is 0.155 e. The van der Waals surface area contributed by atoms with E-state index in [1.807, 2.05) is 0 Å². The first-order chi connectivity index (χ1) is 4.01. The highest BCUT2D eigenvalue weighted by molar-refractivity contribution is 7.91. The van der Waals surface area contributed by atoms with Crippen LogP contribution in [0.15, 0.2) is 0 Å². The molecule has 0 aromatic carbocycles. The largest absolute Gasteiger partial charge is 0.389 e. The van der Waals surface area contributed by atoms with Crippen molar-refractivity contribution in [3.05, 3.63) is 0 Å². The molecule has 1 fully saturated rings. The van der Waals surface area contributed by atoms with Gasteiger partial charge in [0.1, 0.15) is 0 Å². The molecule has 5 heteroatoms. The molecule has 0 spiro atoms. The molecule has 1 saturated heterocycles. The van der Waals surface area contributed by atoms with Crippen molar-refractivity contribution < 1.29 is 18.6 Å². The number of hydrogen-bond acceptors (Lipinski definition) is 4. The molecule has 0 aliphatic carbocycles. The number of aliphatic hydroxyl groups excluding tert-OH is 2. The van der Waals surface area contributed by atoms with E-state index in [1.54, 1.807) is 0 Å². The Labute approximate surface area is 53.0 Å². The molecule has 1 rings (SSSR count). The van der Waals surface area contributed by atoms with Crippen LogP contribution in [0.1, 0.15) is 0 Å². The second-order valence-electron chi connectivity index (χ2n) is 2.21. The second-order valence-corrected chi connectivity index (χ2v) is 4.37. The predicted molar refractivity (Wildman–Crippen MR) is 30.7 cm³/mol. The minimum Gasteiger partial charge on any atom is -0.389 e. The predicted octanol–water partition coefficient (Wildman–Crippen LogP) is -1.86. The molecule has 0 saturated carbocycles. The van der Waals surface area contributed by atoms with Crippen molar-refractivity contribution in [1.82, 2.24) is 0 Å². The average Bonchev–Trinajstić information content (AvgIpc) is 1.79. The lowest BCUT2D eigenvalue weighted by atomic mass is 10.3. The quantitative estimate of drug-likeness (QED) is 0.426. The van der Waals surface area contributed by atoms with Gasteiger partial charge in [-0.15, -0.1) is 0 Å². The van der Waals surface area contributed by atoms with E-state index in [-0.39, 0.29) is 11.5 Å². The summed E-state index contributed by atoms with van der Waals surface area (Å²) >= 11 is 0. The lowest BCUT2D eigenvalue weighted by molar-refractivity contribution is 0.0572. The van der Waals surface area contributed by atoms with Gasteiger partial charge < -0.3 is 10.2 Å². The maximum absolute atomic E-state index is 10.5. The van der Waals surface area contributed by atoms with Gasteiger partial charge in [-0.25, -0.2) is 8.42 Å². The Balaban J connectivity index is 2.77. The Bertz CT molecular complexity index is 179. The number of aliphatic hydroxyl groups is 2. The second kappa shape index (κ2) is 1.93. The van der Waals surface area contributed by atoms with Crippen LogP contribution in [0.2, 0.25) is 0 Å². The number of rotatable bonds is 0. The Morgan fingerprint density at radius 3 is 1.56 bits per heavy atom. The molecule has 0 amide bonds. The SMILES string of the molecule is O=S1(=O)CC(O)C(O)C1. The number of hydrogen-bond donors (Lipinski definition) is 2. The van der Waals surface area contributed by atoms with E-state index in [2.05, 4.69) is 0 Å². The van der Waals surface area contributed by atoms with Gasteiger partial charge >= 0.3 is 0 Å². The van der Waals surface area contributed by atoms with Crippen molar-refractivity contribution in [2.75, 3.05) is 11.5 Å². The van der Waals surface area contributed by atoms with Crippen molar-refractivity contribution >= 4 is 9.84 Å². The van der Waals surface area contributed by atoms with Gasteiger partial charge in [0.15, 0.2) is 9.84 Å². The van der Waals surface area contributed by atoms with Crippen molar-refractivity contribution in [3.63, 3.8) is 0 Å². The molecule has 1 aliphatic heterocycles. The van der Waals surface area contributed by atoms with Crippen molar-refractivity contribution in [1.29, 1.82) is 0 Å². The maximum Gasteiger partial charge on any atom is 0.155 e. The molecule has 1 aliphatic rings. The first-order valence-corrected chi connectivity index (χ1v) is 4.40. The molecule has 0 radical (unpaired) electrons. The average molecular weight is 152 g/mol. The number of sulfone groups is 1. The van der Waals surface area contributed by atoms with Crippen LogP contribution in [0.5, 0.6) is 0 Å². The van der Waals surface area contributed by atoms with Gasteiger partial charge in [0.2, 0.25) is 0 Å². The summed E-state index contributed by atoms with van der Waals surface area (Å²) in [6.45, 7) is 0. The van der Waals surface area contributed by atoms with Crippen LogP contribution < -0.4 is 0 Å². The van der Waals surface area contributed by atoms with Crippen LogP contribution in [-0.2, 0) is 9.84 Å². The summed E-state index contributed by atoms with van der Waals surface area (Å²) < 4.78 is 21.1. The monoisotopic (exact) mass is 152 g/mol. The first-order valence-electron chi connectivity index (χ1n) is 2.58. The third kappa shape index (κ3) is 1.41. The molecule has 4 nitrogen and oxygen atoms in total. The van der Waals surface area contributed by atoms with Crippen LogP contribution in [-0.4, -0.2) is 42.3 Å². The summed E-state index contributed by atoms with van der Waals surface area (Å²) in [6.07, 6.45) is -2.15. The van der Waals surface area contributed by atoms with E-state index in [4.69, 9.17) is 10.2 Å². The molecule has 2 atom stereocenters. The van der Waals surface area contributed by atoms with Crippen LogP contribution >= 0.6 is 0 Å². The zero-order valence-corrected chi connectivity index (χ0v) is 5.50. The molecule has 54 valence electrons. The zero-order chi connectivity index (χ0) is 7.07. The summed E-state index contributed by atoms with van der Waals surface area (Å²) in [5, 5.41) is 17.4. The third-order valence-electron chi connectivity index (χ3n) is 1.29. The molecule has 0 aromatic rings. The van der Waals surface area contributed by atoms with Gasteiger partial charge in [0, 0.05) is 0 Å². The van der Waals surface area contributed by atoms with Gasteiger partial charge in [-0.05, 0) is 0 Å². The minimum absolute atomic E-state index is 0.297. The van der Waals surface area contributed by atoms with E-state index in [1.165, 1.54) is 0 Å². The molecular weight excluding hydrogens is 144 g/mol. The molecule has 0 aromatic heterocycles. The fourth-order valence-electron chi connectivity index (χ4n) is 0.811. The van der Waals surface area contributed by atoms with Crippen LogP contribution in [0.3, 0.4) is 0 Å². The van der Waals surface area contributed by atoms with E-state index in [9.17, 15) is 8.42 Å². The maximum atomic E-state index is 10.5. The highest BCUT2D eigenvalue weighted by Crippen LogP contribution is 2.11.